The van der Waals surface area contributed by atoms with Crippen LogP contribution in [0.25, 0.3) is 99.0 Å². The van der Waals surface area contributed by atoms with Crippen LogP contribution < -0.4 is 0 Å². The molecule has 1 heterocycles. The van der Waals surface area contributed by atoms with E-state index in [4.69, 9.17) is 0 Å². The van der Waals surface area contributed by atoms with E-state index < -0.39 is 0 Å². The van der Waals surface area contributed by atoms with Crippen LogP contribution in [0, 0.1) is 55.4 Å². The Morgan fingerprint density at radius 3 is 1.05 bits per heavy atom. The van der Waals surface area contributed by atoms with Crippen molar-refractivity contribution in [3.8, 4) is 55.6 Å². The third-order valence-corrected chi connectivity index (χ3v) is 14.5. The molecule has 61 heavy (non-hydrogen) atoms. The zero-order valence-electron chi connectivity index (χ0n) is 37.0. The largest absolute Gasteiger partial charge is 0.341 e. The molecule has 0 N–H and O–H groups in total. The van der Waals surface area contributed by atoms with Crippen molar-refractivity contribution in [2.75, 3.05) is 0 Å². The van der Waals surface area contributed by atoms with Crippen LogP contribution in [0.3, 0.4) is 0 Å². The van der Waals surface area contributed by atoms with Crippen LogP contribution in [-0.4, -0.2) is 4.57 Å². The number of aromatic nitrogens is 1. The second kappa shape index (κ2) is 14.8. The summed E-state index contributed by atoms with van der Waals surface area (Å²) in [6.07, 6.45) is 0. The summed E-state index contributed by atoms with van der Waals surface area (Å²) < 4.78 is 2.42. The van der Waals surface area contributed by atoms with Gasteiger partial charge in [0.15, 0.2) is 0 Å². The second-order valence-corrected chi connectivity index (χ2v) is 17.3. The standard InChI is InChI=1S/C60H53N/c1-10-61-53-19-15-14-18-51(53)52-34-50(32-33-54(52)61)47-22-20-45(21-23-47)46-26-30-49(31-27-46)60-57-41(8)37(4)35(2)39(6)55(57)59(56-40(7)36(3)38(5)42(9)58(56)60)48-28-24-44(25-29-48)43-16-12-11-13-17-43/h11-34H,10H2,1-9H3. The van der Waals surface area contributed by atoms with Gasteiger partial charge in [-0.3, -0.25) is 0 Å². The Kier molecular flexibility index (Phi) is 9.33. The van der Waals surface area contributed by atoms with Crippen molar-refractivity contribution < 1.29 is 0 Å². The minimum atomic E-state index is 0.954. The molecule has 0 fully saturated rings. The van der Waals surface area contributed by atoms with E-state index in [2.05, 4.69) is 212 Å². The lowest BCUT2D eigenvalue weighted by Crippen LogP contribution is -2.03. The van der Waals surface area contributed by atoms with E-state index in [1.54, 1.807) is 0 Å². The van der Waals surface area contributed by atoms with Gasteiger partial charge in [0.2, 0.25) is 0 Å². The molecule has 0 saturated heterocycles. The minimum Gasteiger partial charge on any atom is -0.341 e. The first-order valence-electron chi connectivity index (χ1n) is 21.9. The summed E-state index contributed by atoms with van der Waals surface area (Å²) in [6.45, 7) is 21.8. The molecule has 1 heteroatoms. The molecule has 10 aromatic rings. The smallest absolute Gasteiger partial charge is 0.0491 e. The Hall–Kier alpha value is -6.70. The predicted octanol–water partition coefficient (Wildman–Crippen LogP) is 16.9. The van der Waals surface area contributed by atoms with Crippen molar-refractivity contribution in [3.05, 3.63) is 190 Å². The highest BCUT2D eigenvalue weighted by molar-refractivity contribution is 6.25. The molecule has 1 aromatic heterocycles. The highest BCUT2D eigenvalue weighted by Gasteiger charge is 2.26. The molecular weight excluding hydrogens is 735 g/mol. The number of hydrogen-bond acceptors (Lipinski definition) is 0. The fourth-order valence-corrected chi connectivity index (χ4v) is 10.4. The van der Waals surface area contributed by atoms with Gasteiger partial charge in [0, 0.05) is 28.4 Å². The van der Waals surface area contributed by atoms with Crippen LogP contribution in [0.1, 0.15) is 51.4 Å². The van der Waals surface area contributed by atoms with Crippen LogP contribution in [0.15, 0.2) is 146 Å². The summed E-state index contributed by atoms with van der Waals surface area (Å²) >= 11 is 0. The Morgan fingerprint density at radius 2 is 0.623 bits per heavy atom. The van der Waals surface area contributed by atoms with Gasteiger partial charge >= 0.3 is 0 Å². The summed E-state index contributed by atoms with van der Waals surface area (Å²) in [5, 5.41) is 8.12. The first-order chi connectivity index (χ1) is 29.6. The summed E-state index contributed by atoms with van der Waals surface area (Å²) in [7, 11) is 0. The maximum Gasteiger partial charge on any atom is 0.0491 e. The number of aryl methyl sites for hydroxylation is 5. The molecule has 0 atom stereocenters. The van der Waals surface area contributed by atoms with E-state index in [-0.39, 0.29) is 0 Å². The lowest BCUT2D eigenvalue weighted by molar-refractivity contribution is 0.827. The summed E-state index contributed by atoms with van der Waals surface area (Å²) in [5.41, 5.74) is 26.2. The summed E-state index contributed by atoms with van der Waals surface area (Å²) in [4.78, 5) is 0. The van der Waals surface area contributed by atoms with Crippen molar-refractivity contribution in [2.24, 2.45) is 0 Å². The van der Waals surface area contributed by atoms with Gasteiger partial charge in [0.25, 0.3) is 0 Å². The molecule has 10 rings (SSSR count). The van der Waals surface area contributed by atoms with E-state index >= 15 is 0 Å². The monoisotopic (exact) mass is 787 g/mol. The van der Waals surface area contributed by atoms with E-state index in [9.17, 15) is 0 Å². The van der Waals surface area contributed by atoms with Crippen molar-refractivity contribution in [1.29, 1.82) is 0 Å². The molecule has 9 aromatic carbocycles. The third kappa shape index (κ3) is 5.97. The Balaban J connectivity index is 1.13. The van der Waals surface area contributed by atoms with Gasteiger partial charge in [-0.25, -0.2) is 0 Å². The van der Waals surface area contributed by atoms with Crippen molar-refractivity contribution in [2.45, 2.75) is 68.9 Å². The fraction of sp³-hybridized carbons (Fsp3) is 0.167. The third-order valence-electron chi connectivity index (χ3n) is 14.5. The molecular formula is C60H53N. The van der Waals surface area contributed by atoms with Crippen molar-refractivity contribution >= 4 is 43.4 Å². The lowest BCUT2D eigenvalue weighted by atomic mass is 9.76. The number of fused-ring (bicyclic) bond motifs is 5. The molecule has 0 bridgehead atoms. The fourth-order valence-electron chi connectivity index (χ4n) is 10.4. The first-order valence-corrected chi connectivity index (χ1v) is 21.9. The normalized spacial score (nSPS) is 11.8. The van der Waals surface area contributed by atoms with Crippen LogP contribution in [0.5, 0.6) is 0 Å². The Bertz CT molecular complexity index is 3280. The van der Waals surface area contributed by atoms with Crippen LogP contribution in [0.4, 0.5) is 0 Å². The molecule has 0 radical (unpaired) electrons. The van der Waals surface area contributed by atoms with Gasteiger partial charge in [0.05, 0.1) is 0 Å². The summed E-state index contributed by atoms with van der Waals surface area (Å²) in [5.74, 6) is 0. The molecule has 0 saturated carbocycles. The number of nitrogens with zero attached hydrogens (tertiary/aromatic N) is 1. The van der Waals surface area contributed by atoms with Crippen LogP contribution in [-0.2, 0) is 6.54 Å². The van der Waals surface area contributed by atoms with Crippen LogP contribution >= 0.6 is 0 Å². The number of para-hydroxylation sites is 1. The molecule has 0 aliphatic heterocycles. The van der Waals surface area contributed by atoms with Crippen molar-refractivity contribution in [3.63, 3.8) is 0 Å². The highest BCUT2D eigenvalue weighted by Crippen LogP contribution is 2.51. The van der Waals surface area contributed by atoms with Crippen molar-refractivity contribution in [1.82, 2.24) is 4.57 Å². The van der Waals surface area contributed by atoms with Gasteiger partial charge in [-0.05, 0) is 202 Å². The molecule has 298 valence electrons. The van der Waals surface area contributed by atoms with Gasteiger partial charge in [-0.15, -0.1) is 0 Å². The quantitative estimate of drug-likeness (QED) is 0.148. The molecule has 0 spiro atoms. The number of benzene rings is 9. The number of hydrogen-bond donors (Lipinski definition) is 0. The van der Waals surface area contributed by atoms with Gasteiger partial charge < -0.3 is 4.57 Å². The van der Waals surface area contributed by atoms with E-state index in [1.165, 1.54) is 143 Å². The topological polar surface area (TPSA) is 4.93 Å². The predicted molar refractivity (Wildman–Crippen MR) is 265 cm³/mol. The van der Waals surface area contributed by atoms with Crippen LogP contribution in [0.2, 0.25) is 0 Å². The number of rotatable bonds is 6. The van der Waals surface area contributed by atoms with E-state index in [0.717, 1.165) is 6.54 Å². The SMILES string of the molecule is CCn1c2ccccc2c2cc(-c3ccc(-c4ccc(-c5c6c(C)c(C)c(C)c(C)c6c(-c6ccc(-c7ccccc7)cc6)c6c(C)c(C)c(C)c(C)c56)cc4)cc3)ccc21. The van der Waals surface area contributed by atoms with E-state index in [1.807, 2.05) is 0 Å². The zero-order chi connectivity index (χ0) is 42.3. The second-order valence-electron chi connectivity index (χ2n) is 17.3. The maximum atomic E-state index is 2.42. The molecule has 1 nitrogen and oxygen atoms in total. The molecule has 0 aliphatic carbocycles. The van der Waals surface area contributed by atoms with E-state index in [0.29, 0.717) is 0 Å². The lowest BCUT2D eigenvalue weighted by Gasteiger charge is -2.27. The summed E-state index contributed by atoms with van der Waals surface area (Å²) in [6, 6.07) is 54.3. The first kappa shape index (κ1) is 38.5. The molecule has 0 amide bonds. The van der Waals surface area contributed by atoms with Gasteiger partial charge in [-0.1, -0.05) is 127 Å². The zero-order valence-corrected chi connectivity index (χ0v) is 37.0. The Morgan fingerprint density at radius 1 is 0.295 bits per heavy atom. The molecule has 0 aliphatic rings. The average Bonchev–Trinajstić information content (AvgIpc) is 3.63. The maximum absolute atomic E-state index is 2.42. The van der Waals surface area contributed by atoms with Gasteiger partial charge in [-0.2, -0.15) is 0 Å². The molecule has 0 unspecified atom stereocenters. The Labute approximate surface area is 361 Å². The average molecular weight is 788 g/mol. The highest BCUT2D eigenvalue weighted by atomic mass is 15.0. The minimum absolute atomic E-state index is 0.954. The van der Waals surface area contributed by atoms with Gasteiger partial charge in [0.1, 0.15) is 0 Å².